The summed E-state index contributed by atoms with van der Waals surface area (Å²) < 4.78 is 13.2. The first-order valence-corrected chi connectivity index (χ1v) is 6.49. The van der Waals surface area contributed by atoms with Crippen molar-refractivity contribution in [2.75, 3.05) is 5.75 Å². The third-order valence-electron chi connectivity index (χ3n) is 2.26. The first-order chi connectivity index (χ1) is 9.04. The lowest BCUT2D eigenvalue weighted by molar-refractivity contribution is -0.133. The third-order valence-corrected chi connectivity index (χ3v) is 3.15. The van der Waals surface area contributed by atoms with Crippen LogP contribution in [0, 0.1) is 12.7 Å². The Hall–Kier alpha value is -1.95. The number of halogens is 1. The second-order valence-electron chi connectivity index (χ2n) is 3.86. The standard InChI is InChI=1S/C13H11FN2O2S/c1-8-5-11(19-7-12(17)18)16-13(15-8)9-3-2-4-10(14)6-9/h2-6H,7H2,1H3,(H,17,18). The van der Waals surface area contributed by atoms with E-state index in [1.54, 1.807) is 25.1 Å². The van der Waals surface area contributed by atoms with Crippen molar-refractivity contribution in [3.8, 4) is 11.4 Å². The Morgan fingerprint density at radius 2 is 2.16 bits per heavy atom. The number of benzene rings is 1. The number of rotatable bonds is 4. The molecule has 2 rings (SSSR count). The molecule has 19 heavy (non-hydrogen) atoms. The van der Waals surface area contributed by atoms with Crippen molar-refractivity contribution in [1.82, 2.24) is 9.97 Å². The maximum Gasteiger partial charge on any atom is 0.313 e. The van der Waals surface area contributed by atoms with Gasteiger partial charge in [0, 0.05) is 11.3 Å². The topological polar surface area (TPSA) is 63.1 Å². The predicted octanol–water partition coefficient (Wildman–Crippen LogP) is 2.77. The van der Waals surface area contributed by atoms with Gasteiger partial charge < -0.3 is 5.11 Å². The molecule has 0 bridgehead atoms. The fourth-order valence-corrected chi connectivity index (χ4v) is 2.18. The van der Waals surface area contributed by atoms with Gasteiger partial charge in [-0.05, 0) is 25.1 Å². The monoisotopic (exact) mass is 278 g/mol. The van der Waals surface area contributed by atoms with Gasteiger partial charge in [-0.2, -0.15) is 0 Å². The van der Waals surface area contributed by atoms with Crippen LogP contribution >= 0.6 is 11.8 Å². The molecule has 0 saturated heterocycles. The smallest absolute Gasteiger partial charge is 0.313 e. The molecule has 0 unspecified atom stereocenters. The van der Waals surface area contributed by atoms with Crippen molar-refractivity contribution in [3.05, 3.63) is 41.8 Å². The van der Waals surface area contributed by atoms with Crippen LogP contribution in [0.15, 0.2) is 35.4 Å². The Balaban J connectivity index is 2.33. The van der Waals surface area contributed by atoms with E-state index in [0.717, 1.165) is 11.8 Å². The maximum atomic E-state index is 13.2. The van der Waals surface area contributed by atoms with Gasteiger partial charge >= 0.3 is 5.97 Å². The summed E-state index contributed by atoms with van der Waals surface area (Å²) in [5.74, 6) is -0.942. The minimum absolute atomic E-state index is 0.0704. The van der Waals surface area contributed by atoms with E-state index in [-0.39, 0.29) is 11.6 Å². The van der Waals surface area contributed by atoms with E-state index in [4.69, 9.17) is 5.11 Å². The van der Waals surface area contributed by atoms with E-state index < -0.39 is 5.97 Å². The normalized spacial score (nSPS) is 10.4. The zero-order valence-corrected chi connectivity index (χ0v) is 10.9. The van der Waals surface area contributed by atoms with Gasteiger partial charge in [0.2, 0.25) is 0 Å². The summed E-state index contributed by atoms with van der Waals surface area (Å²) in [5, 5.41) is 9.22. The highest BCUT2D eigenvalue weighted by molar-refractivity contribution is 7.99. The Kier molecular flexibility index (Phi) is 4.11. The van der Waals surface area contributed by atoms with Crippen LogP contribution in [-0.4, -0.2) is 26.8 Å². The summed E-state index contributed by atoms with van der Waals surface area (Å²) in [6.07, 6.45) is 0. The molecule has 98 valence electrons. The molecule has 0 amide bonds. The summed E-state index contributed by atoms with van der Waals surface area (Å²) in [6, 6.07) is 7.69. The van der Waals surface area contributed by atoms with Gasteiger partial charge in [-0.15, -0.1) is 0 Å². The van der Waals surface area contributed by atoms with Gasteiger partial charge in [-0.1, -0.05) is 23.9 Å². The Bertz CT molecular complexity index is 619. The van der Waals surface area contributed by atoms with Crippen molar-refractivity contribution in [2.45, 2.75) is 11.9 Å². The molecule has 0 fully saturated rings. The van der Waals surface area contributed by atoms with Gasteiger partial charge in [0.05, 0.1) is 5.75 Å². The highest BCUT2D eigenvalue weighted by atomic mass is 32.2. The van der Waals surface area contributed by atoms with Crippen LogP contribution in [0.25, 0.3) is 11.4 Å². The molecule has 1 aromatic heterocycles. The van der Waals surface area contributed by atoms with Crippen molar-refractivity contribution >= 4 is 17.7 Å². The molecule has 1 N–H and O–H groups in total. The number of aromatic nitrogens is 2. The molecule has 0 saturated carbocycles. The van der Waals surface area contributed by atoms with E-state index in [1.165, 1.54) is 12.1 Å². The molecular weight excluding hydrogens is 267 g/mol. The van der Waals surface area contributed by atoms with Gasteiger partial charge in [0.15, 0.2) is 5.82 Å². The van der Waals surface area contributed by atoms with Gasteiger partial charge in [-0.3, -0.25) is 4.79 Å². The summed E-state index contributed by atoms with van der Waals surface area (Å²) in [5.41, 5.74) is 1.28. The number of carboxylic acids is 1. The molecule has 2 aromatic rings. The third kappa shape index (κ3) is 3.75. The second kappa shape index (κ2) is 5.79. The zero-order valence-electron chi connectivity index (χ0n) is 10.1. The Morgan fingerprint density at radius 1 is 1.37 bits per heavy atom. The zero-order chi connectivity index (χ0) is 13.8. The van der Waals surface area contributed by atoms with Crippen LogP contribution in [0.1, 0.15) is 5.69 Å². The summed E-state index contributed by atoms with van der Waals surface area (Å²) in [7, 11) is 0. The van der Waals surface area contributed by atoms with Crippen LogP contribution in [0.5, 0.6) is 0 Å². The van der Waals surface area contributed by atoms with Gasteiger partial charge in [-0.25, -0.2) is 14.4 Å². The number of hydrogen-bond acceptors (Lipinski definition) is 4. The Labute approximate surface area is 113 Å². The number of nitrogens with zero attached hydrogens (tertiary/aromatic N) is 2. The lowest BCUT2D eigenvalue weighted by atomic mass is 10.2. The minimum Gasteiger partial charge on any atom is -0.481 e. The fourth-order valence-electron chi connectivity index (χ4n) is 1.51. The molecule has 0 aliphatic carbocycles. The second-order valence-corrected chi connectivity index (χ2v) is 4.86. The van der Waals surface area contributed by atoms with E-state index in [1.807, 2.05) is 0 Å². The number of aryl methyl sites for hydroxylation is 1. The number of hydrogen-bond donors (Lipinski definition) is 1. The summed E-state index contributed by atoms with van der Waals surface area (Å²) in [6.45, 7) is 1.79. The molecule has 1 heterocycles. The Morgan fingerprint density at radius 3 is 2.84 bits per heavy atom. The molecule has 0 aliphatic rings. The summed E-state index contributed by atoms with van der Waals surface area (Å²) >= 11 is 1.11. The quantitative estimate of drug-likeness (QED) is 0.688. The van der Waals surface area contributed by atoms with E-state index in [0.29, 0.717) is 22.1 Å². The average Bonchev–Trinajstić information content (AvgIpc) is 2.36. The highest BCUT2D eigenvalue weighted by Crippen LogP contribution is 2.21. The van der Waals surface area contributed by atoms with Crippen molar-refractivity contribution in [2.24, 2.45) is 0 Å². The molecule has 6 heteroatoms. The largest absolute Gasteiger partial charge is 0.481 e. The van der Waals surface area contributed by atoms with Crippen LogP contribution in [0.3, 0.4) is 0 Å². The predicted molar refractivity (Wildman–Crippen MR) is 70.5 cm³/mol. The van der Waals surface area contributed by atoms with E-state index in [2.05, 4.69) is 9.97 Å². The molecule has 0 atom stereocenters. The number of thioether (sulfide) groups is 1. The molecule has 0 spiro atoms. The SMILES string of the molecule is Cc1cc(SCC(=O)O)nc(-c2cccc(F)c2)n1. The minimum atomic E-state index is -0.909. The van der Waals surface area contributed by atoms with Crippen LogP contribution in [0.2, 0.25) is 0 Å². The molecule has 0 aliphatic heterocycles. The van der Waals surface area contributed by atoms with Crippen molar-refractivity contribution < 1.29 is 14.3 Å². The number of aliphatic carboxylic acids is 1. The first-order valence-electron chi connectivity index (χ1n) is 5.51. The van der Waals surface area contributed by atoms with E-state index >= 15 is 0 Å². The van der Waals surface area contributed by atoms with Crippen LogP contribution < -0.4 is 0 Å². The van der Waals surface area contributed by atoms with Crippen LogP contribution in [-0.2, 0) is 4.79 Å². The maximum absolute atomic E-state index is 13.2. The first kappa shape index (κ1) is 13.5. The van der Waals surface area contributed by atoms with E-state index in [9.17, 15) is 9.18 Å². The average molecular weight is 278 g/mol. The van der Waals surface area contributed by atoms with Gasteiger partial charge in [0.25, 0.3) is 0 Å². The fraction of sp³-hybridized carbons (Fsp3) is 0.154. The summed E-state index contributed by atoms with van der Waals surface area (Å²) in [4.78, 5) is 19.0. The number of carbonyl (C=O) groups is 1. The molecule has 1 aromatic carbocycles. The molecule has 0 radical (unpaired) electrons. The highest BCUT2D eigenvalue weighted by Gasteiger charge is 2.08. The van der Waals surface area contributed by atoms with Crippen LogP contribution in [0.4, 0.5) is 4.39 Å². The number of carboxylic acid groups (broad SMARTS) is 1. The lowest BCUT2D eigenvalue weighted by Gasteiger charge is -2.05. The van der Waals surface area contributed by atoms with Crippen molar-refractivity contribution in [1.29, 1.82) is 0 Å². The van der Waals surface area contributed by atoms with Crippen molar-refractivity contribution in [3.63, 3.8) is 0 Å². The molecule has 4 nitrogen and oxygen atoms in total. The van der Waals surface area contributed by atoms with Gasteiger partial charge in [0.1, 0.15) is 10.8 Å². The molecular formula is C13H11FN2O2S. The lowest BCUT2D eigenvalue weighted by Crippen LogP contribution is -2.00.